The molecule has 34 nitrogen and oxygen atoms in total. The van der Waals surface area contributed by atoms with Gasteiger partial charge >= 0.3 is 0 Å². The second kappa shape index (κ2) is 27.4. The van der Waals surface area contributed by atoms with Gasteiger partial charge in [0.15, 0.2) is 44.0 Å². The fourth-order valence-electron chi connectivity index (χ4n) is 11.1. The van der Waals surface area contributed by atoms with E-state index in [9.17, 15) is 102 Å². The molecule has 21 aliphatic heterocycles. The van der Waals surface area contributed by atoms with Crippen LogP contribution >= 0.6 is 0 Å². The Hall–Kier alpha value is -1.36. The Morgan fingerprint density at radius 3 is 0.519 bits per heavy atom. The van der Waals surface area contributed by atoms with Gasteiger partial charge in [-0.25, -0.2) is 0 Å². The minimum atomic E-state index is -2.20. The largest absolute Gasteiger partial charge is 0.394 e. The summed E-state index contributed by atoms with van der Waals surface area (Å²) in [7, 11) is 0. The Kier molecular flexibility index (Phi) is 22.2. The molecule has 21 heterocycles. The Morgan fingerprint density at radius 1 is 0.222 bits per heavy atom. The second-order valence-electron chi connectivity index (χ2n) is 22.6. The van der Waals surface area contributed by atoms with Crippen LogP contribution in [0, 0.1) is 5.41 Å². The summed E-state index contributed by atoms with van der Waals surface area (Å²) in [5.41, 5.74) is -0.425. The zero-order chi connectivity index (χ0) is 59.3. The molecule has 472 valence electrons. The number of hydrogen-bond donors (Lipinski definition) is 20. The van der Waals surface area contributed by atoms with Crippen LogP contribution in [0.15, 0.2) is 0 Å². The maximum absolute atomic E-state index is 11.7. The van der Waals surface area contributed by atoms with Crippen LogP contribution in [0.1, 0.15) is 33.6 Å². The molecule has 35 unspecified atom stereocenters. The van der Waals surface area contributed by atoms with Gasteiger partial charge in [0.2, 0.25) is 0 Å². The molecule has 0 radical (unpaired) electrons. The van der Waals surface area contributed by atoms with E-state index >= 15 is 0 Å². The fourth-order valence-corrected chi connectivity index (χ4v) is 11.1. The van der Waals surface area contributed by atoms with Gasteiger partial charge in [-0.3, -0.25) is 0 Å². The Labute approximate surface area is 461 Å². The minimum absolute atomic E-state index is 0.0123. The van der Waals surface area contributed by atoms with Crippen LogP contribution in [0.25, 0.3) is 0 Å². The smallest absolute Gasteiger partial charge is 0.187 e. The summed E-state index contributed by atoms with van der Waals surface area (Å²) in [6.07, 6.45) is -68.0. The van der Waals surface area contributed by atoms with Crippen molar-refractivity contribution in [3.8, 4) is 0 Å². The van der Waals surface area contributed by atoms with E-state index in [0.29, 0.717) is 6.42 Å². The average Bonchev–Trinajstić information content (AvgIpc) is 3.48. The fraction of sp³-hybridized carbons (Fsp3) is 1.00. The molecule has 35 atom stereocenters. The van der Waals surface area contributed by atoms with Crippen molar-refractivity contribution in [2.24, 2.45) is 5.41 Å². The van der Waals surface area contributed by atoms with Crippen molar-refractivity contribution in [2.45, 2.75) is 249 Å². The number of hydrogen-bond acceptors (Lipinski definition) is 34. The van der Waals surface area contributed by atoms with E-state index in [2.05, 4.69) is 0 Å². The summed E-state index contributed by atoms with van der Waals surface area (Å²) in [5, 5.41) is 223. The van der Waals surface area contributed by atoms with E-state index in [1.54, 1.807) is 0 Å². The first kappa shape index (κ1) is 65.6. The number of ether oxygens (including phenoxy) is 14. The van der Waals surface area contributed by atoms with Crippen molar-refractivity contribution >= 4 is 0 Å². The first-order valence-corrected chi connectivity index (χ1v) is 26.7. The lowest BCUT2D eigenvalue weighted by Gasteiger charge is -2.50. The lowest BCUT2D eigenvalue weighted by atomic mass is 9.86. The van der Waals surface area contributed by atoms with Crippen LogP contribution in [0.4, 0.5) is 0 Å². The third-order valence-electron chi connectivity index (χ3n) is 15.8. The van der Waals surface area contributed by atoms with Gasteiger partial charge in [-0.15, -0.1) is 0 Å². The quantitative estimate of drug-likeness (QED) is 0.107. The van der Waals surface area contributed by atoms with E-state index < -0.39 is 260 Å². The average molecular weight is 1190 g/mol. The molecule has 20 N–H and O–H groups in total. The van der Waals surface area contributed by atoms with Crippen LogP contribution in [-0.4, -0.2) is 357 Å². The van der Waals surface area contributed by atoms with E-state index in [0.717, 1.165) is 0 Å². The number of rotatable bonds is 8. The van der Waals surface area contributed by atoms with Gasteiger partial charge < -0.3 is 168 Å². The summed E-state index contributed by atoms with van der Waals surface area (Å²) in [6.45, 7) is -0.545. The minimum Gasteiger partial charge on any atom is -0.394 e. The molecule has 0 aliphatic carbocycles. The topological polar surface area (TPSA) is 534 Å². The highest BCUT2D eigenvalue weighted by Crippen LogP contribution is 2.40. The van der Waals surface area contributed by atoms with Crippen LogP contribution in [0.3, 0.4) is 0 Å². The summed E-state index contributed by atoms with van der Waals surface area (Å²) >= 11 is 0. The summed E-state index contributed by atoms with van der Waals surface area (Å²) in [6, 6.07) is 0. The molecule has 0 spiro atoms. The third kappa shape index (κ3) is 13.5. The molecule has 0 aromatic rings. The predicted octanol–water partition coefficient (Wildman–Crippen LogP) is -12.4. The van der Waals surface area contributed by atoms with E-state index in [1.165, 1.54) is 0 Å². The van der Waals surface area contributed by atoms with Crippen molar-refractivity contribution in [3.63, 3.8) is 0 Å². The lowest BCUT2D eigenvalue weighted by molar-refractivity contribution is -0.396. The van der Waals surface area contributed by atoms with Crippen LogP contribution in [-0.2, 0) is 66.3 Å². The SMILES string of the molecule is CC(C)(C)CCC1OC2OC3C(CO)OC(OC4C(CO)OC(OC5C(CO)OC(OC6C(CO)OC(OC7C(CO)OC(OC8C(CO)OC(OC1C(O)C2O)C(O)C8O)C(O)C7O)C(O)C6O)C(O)C5O)C(O)C4O)C(O)C3O. The highest BCUT2D eigenvalue weighted by atomic mass is 16.8. The first-order chi connectivity index (χ1) is 38.3. The molecule has 0 aromatic heterocycles. The zero-order valence-corrected chi connectivity index (χ0v) is 44.0. The van der Waals surface area contributed by atoms with Crippen molar-refractivity contribution in [2.75, 3.05) is 39.6 Å². The normalized spacial score (nSPS) is 53.4. The van der Waals surface area contributed by atoms with Gasteiger partial charge in [0.25, 0.3) is 0 Å². The van der Waals surface area contributed by atoms with Crippen molar-refractivity contribution in [1.82, 2.24) is 0 Å². The van der Waals surface area contributed by atoms with E-state index in [-0.39, 0.29) is 6.42 Å². The van der Waals surface area contributed by atoms with E-state index in [1.807, 2.05) is 20.8 Å². The Morgan fingerprint density at radius 2 is 0.370 bits per heavy atom. The maximum atomic E-state index is 11.7. The third-order valence-corrected chi connectivity index (χ3v) is 15.8. The molecule has 0 saturated carbocycles. The van der Waals surface area contributed by atoms with Gasteiger partial charge in [-0.1, -0.05) is 20.8 Å². The molecule has 21 saturated heterocycles. The number of aliphatic hydroxyl groups excluding tert-OH is 20. The monoisotopic (exact) mass is 1190 g/mol. The highest BCUT2D eigenvalue weighted by Gasteiger charge is 2.59. The van der Waals surface area contributed by atoms with E-state index in [4.69, 9.17) is 66.3 Å². The highest BCUT2D eigenvalue weighted by molar-refractivity contribution is 5.02. The van der Waals surface area contributed by atoms with Crippen molar-refractivity contribution in [1.29, 1.82) is 0 Å². The molecule has 21 fully saturated rings. The molecule has 14 bridgehead atoms. The predicted molar refractivity (Wildman–Crippen MR) is 250 cm³/mol. The molecule has 21 aliphatic rings. The molecule has 0 amide bonds. The summed E-state index contributed by atoms with van der Waals surface area (Å²) < 4.78 is 81.3. The Bertz CT molecular complexity index is 1930. The summed E-state index contributed by atoms with van der Waals surface area (Å²) in [5.74, 6) is 0. The van der Waals surface area contributed by atoms with Crippen LogP contribution in [0.2, 0.25) is 0 Å². The summed E-state index contributed by atoms with van der Waals surface area (Å²) in [4.78, 5) is 0. The van der Waals surface area contributed by atoms with Gasteiger partial charge in [0, 0.05) is 0 Å². The number of aliphatic hydroxyl groups is 20. The van der Waals surface area contributed by atoms with Gasteiger partial charge in [0.05, 0.1) is 45.7 Å². The Balaban J connectivity index is 1.10. The standard InChI is InChI=1S/C47H80O34/c1-47(2,3)5-4-12-33-19(54)26(61)40(68-12)76-34-13(6-48)70-42(28(63)21(34)56)78-36-15(8-50)72-44(30(65)23(36)58)80-38-17(10-52)74-46(32(67)25(38)60)81-39-18(11-53)73-45(31(66)24(39)59)79-37-16(9-51)71-43(29(64)22(37)57)77-35-14(7-49)69-41(75-33)27(62)20(35)55/h12-46,48-67H,4-11H2,1-3H3. The molecule has 81 heavy (non-hydrogen) atoms. The van der Waals surface area contributed by atoms with Crippen LogP contribution in [0.5, 0.6) is 0 Å². The van der Waals surface area contributed by atoms with Crippen molar-refractivity contribution < 1.29 is 168 Å². The zero-order valence-electron chi connectivity index (χ0n) is 44.0. The van der Waals surface area contributed by atoms with Gasteiger partial charge in [0.1, 0.15) is 165 Å². The lowest BCUT2D eigenvalue weighted by Crippen LogP contribution is -2.68. The van der Waals surface area contributed by atoms with Gasteiger partial charge in [-0.2, -0.15) is 0 Å². The molecular formula is C47H80O34. The molecule has 0 aromatic carbocycles. The van der Waals surface area contributed by atoms with Crippen molar-refractivity contribution in [3.05, 3.63) is 0 Å². The first-order valence-electron chi connectivity index (χ1n) is 26.7. The second-order valence-corrected chi connectivity index (χ2v) is 22.6. The van der Waals surface area contributed by atoms with Gasteiger partial charge in [-0.05, 0) is 18.3 Å². The maximum Gasteiger partial charge on any atom is 0.187 e. The molecule has 34 heteroatoms. The molecule has 21 rings (SSSR count). The molecular weight excluding hydrogens is 1110 g/mol. The van der Waals surface area contributed by atoms with Crippen LogP contribution < -0.4 is 0 Å².